The Balaban J connectivity index is 2.56. The van der Waals surface area contributed by atoms with E-state index < -0.39 is 6.10 Å². The van der Waals surface area contributed by atoms with Gasteiger partial charge in [-0.15, -0.1) is 0 Å². The van der Waals surface area contributed by atoms with Gasteiger partial charge in [-0.25, -0.2) is 0 Å². The lowest BCUT2D eigenvalue weighted by Gasteiger charge is -2.21. The molecule has 0 aromatic carbocycles. The molecule has 1 unspecified atom stereocenters. The Labute approximate surface area is 90.1 Å². The highest BCUT2D eigenvalue weighted by Gasteiger charge is 2.22. The molecule has 13 heavy (non-hydrogen) atoms. The van der Waals surface area contributed by atoms with Crippen LogP contribution < -0.4 is 0 Å². The third-order valence-electron chi connectivity index (χ3n) is 2.32. The first-order valence-corrected chi connectivity index (χ1v) is 5.38. The van der Waals surface area contributed by atoms with Gasteiger partial charge in [0.1, 0.15) is 0 Å². The Bertz CT molecular complexity index is 343. The van der Waals surface area contributed by atoms with Crippen LogP contribution in [0.5, 0.6) is 0 Å². The Hall–Kier alpha value is -0.120. The van der Waals surface area contributed by atoms with E-state index in [4.69, 9.17) is 11.6 Å². The van der Waals surface area contributed by atoms with Crippen LogP contribution in [-0.2, 0) is 6.42 Å². The van der Waals surface area contributed by atoms with E-state index in [-0.39, 0.29) is 0 Å². The van der Waals surface area contributed by atoms with Gasteiger partial charge in [0.05, 0.1) is 21.3 Å². The van der Waals surface area contributed by atoms with Crippen molar-refractivity contribution in [3.63, 3.8) is 0 Å². The quantitative estimate of drug-likeness (QED) is 0.780. The fraction of sp³-hybridized carbons (Fsp3) is 0.444. The summed E-state index contributed by atoms with van der Waals surface area (Å²) >= 11 is 9.40. The van der Waals surface area contributed by atoms with Gasteiger partial charge >= 0.3 is 0 Å². The van der Waals surface area contributed by atoms with Gasteiger partial charge in [-0.1, -0.05) is 11.6 Å². The molecule has 1 atom stereocenters. The normalized spacial score (nSPS) is 21.3. The highest BCUT2D eigenvalue weighted by atomic mass is 79.9. The lowest BCUT2D eigenvalue weighted by atomic mass is 9.94. The molecule has 0 fully saturated rings. The van der Waals surface area contributed by atoms with Crippen LogP contribution in [0, 0.1) is 0 Å². The maximum absolute atomic E-state index is 9.64. The Kier molecular flexibility index (Phi) is 2.58. The minimum Gasteiger partial charge on any atom is -0.387 e. The van der Waals surface area contributed by atoms with Crippen molar-refractivity contribution in [1.82, 2.24) is 4.98 Å². The summed E-state index contributed by atoms with van der Waals surface area (Å²) in [6.45, 7) is 0. The number of pyridine rings is 1. The second kappa shape index (κ2) is 3.56. The molecular weight excluding hydrogens is 253 g/mol. The number of hydrogen-bond acceptors (Lipinski definition) is 2. The minimum atomic E-state index is -0.436. The summed E-state index contributed by atoms with van der Waals surface area (Å²) < 4.78 is 0.807. The fourth-order valence-corrected chi connectivity index (χ4v) is 2.23. The second-order valence-electron chi connectivity index (χ2n) is 3.19. The lowest BCUT2D eigenvalue weighted by Crippen LogP contribution is -2.11. The number of rotatable bonds is 0. The molecule has 70 valence electrons. The van der Waals surface area contributed by atoms with Crippen LogP contribution >= 0.6 is 27.5 Å². The van der Waals surface area contributed by atoms with Crippen molar-refractivity contribution in [2.24, 2.45) is 0 Å². The summed E-state index contributed by atoms with van der Waals surface area (Å²) in [5.74, 6) is 0. The van der Waals surface area contributed by atoms with Crippen molar-refractivity contribution in [3.8, 4) is 0 Å². The van der Waals surface area contributed by atoms with Gasteiger partial charge in [-0.3, -0.25) is 4.98 Å². The molecule has 0 saturated carbocycles. The summed E-state index contributed by atoms with van der Waals surface area (Å²) in [6, 6.07) is 0. The molecular formula is C9H9BrClNO. The van der Waals surface area contributed by atoms with E-state index in [9.17, 15) is 5.11 Å². The maximum Gasteiger partial charge on any atom is 0.0963 e. The van der Waals surface area contributed by atoms with Crippen molar-refractivity contribution in [1.29, 1.82) is 0 Å². The monoisotopic (exact) mass is 261 g/mol. The molecule has 0 radical (unpaired) electrons. The molecule has 0 aliphatic heterocycles. The zero-order valence-corrected chi connectivity index (χ0v) is 9.27. The molecule has 0 saturated heterocycles. The number of nitrogens with zero attached hydrogens (tertiary/aromatic N) is 1. The summed E-state index contributed by atoms with van der Waals surface area (Å²) in [5, 5.41) is 10.3. The molecule has 2 nitrogen and oxygen atoms in total. The maximum atomic E-state index is 9.64. The van der Waals surface area contributed by atoms with Crippen molar-refractivity contribution in [3.05, 3.63) is 26.9 Å². The van der Waals surface area contributed by atoms with Gasteiger partial charge < -0.3 is 5.11 Å². The number of aromatic nitrogens is 1. The summed E-state index contributed by atoms with van der Waals surface area (Å²) in [6.07, 6.45) is 3.89. The third kappa shape index (κ3) is 1.60. The fourth-order valence-electron chi connectivity index (χ4n) is 1.65. The number of hydrogen-bond donors (Lipinski definition) is 1. The van der Waals surface area contributed by atoms with Crippen molar-refractivity contribution in [2.75, 3.05) is 0 Å². The van der Waals surface area contributed by atoms with E-state index in [1.165, 1.54) is 0 Å². The first kappa shape index (κ1) is 9.44. The van der Waals surface area contributed by atoms with Crippen LogP contribution in [0.25, 0.3) is 0 Å². The second-order valence-corrected chi connectivity index (χ2v) is 4.42. The molecule has 1 N–H and O–H groups in total. The molecule has 1 aromatic heterocycles. The highest BCUT2D eigenvalue weighted by molar-refractivity contribution is 9.10. The van der Waals surface area contributed by atoms with Crippen molar-refractivity contribution >= 4 is 27.5 Å². The first-order chi connectivity index (χ1) is 6.20. The highest BCUT2D eigenvalue weighted by Crippen LogP contribution is 2.35. The van der Waals surface area contributed by atoms with Gasteiger partial charge in [0.2, 0.25) is 0 Å². The molecule has 0 bridgehead atoms. The molecule has 4 heteroatoms. The van der Waals surface area contributed by atoms with E-state index in [2.05, 4.69) is 20.9 Å². The number of halogens is 2. The first-order valence-electron chi connectivity index (χ1n) is 4.21. The molecule has 1 heterocycles. The number of aliphatic hydroxyl groups excluding tert-OH is 1. The van der Waals surface area contributed by atoms with Crippen molar-refractivity contribution in [2.45, 2.75) is 25.4 Å². The van der Waals surface area contributed by atoms with Crippen LogP contribution in [0.2, 0.25) is 5.02 Å². The zero-order valence-electron chi connectivity index (χ0n) is 6.93. The molecule has 1 aliphatic carbocycles. The van der Waals surface area contributed by atoms with Gasteiger partial charge in [0.25, 0.3) is 0 Å². The topological polar surface area (TPSA) is 33.1 Å². The minimum absolute atomic E-state index is 0.436. The lowest BCUT2D eigenvalue weighted by molar-refractivity contribution is 0.151. The van der Waals surface area contributed by atoms with E-state index >= 15 is 0 Å². The van der Waals surface area contributed by atoms with Crippen LogP contribution in [0.3, 0.4) is 0 Å². The molecule has 0 amide bonds. The standard InChI is InChI=1S/C9H9BrClNO/c10-6-4-12-9-5(8(6)11)2-1-3-7(9)13/h4,7,13H,1-3H2. The van der Waals surface area contributed by atoms with Crippen LogP contribution in [0.15, 0.2) is 10.7 Å². The SMILES string of the molecule is OC1CCCc2c1ncc(Br)c2Cl. The summed E-state index contributed by atoms with van der Waals surface area (Å²) in [7, 11) is 0. The van der Waals surface area contributed by atoms with E-state index in [1.54, 1.807) is 6.20 Å². The Morgan fingerprint density at radius 3 is 3.15 bits per heavy atom. The van der Waals surface area contributed by atoms with E-state index in [1.807, 2.05) is 0 Å². The van der Waals surface area contributed by atoms with Gasteiger partial charge in [0, 0.05) is 6.20 Å². The van der Waals surface area contributed by atoms with Crippen LogP contribution in [-0.4, -0.2) is 10.1 Å². The molecule has 1 aliphatic rings. The smallest absolute Gasteiger partial charge is 0.0963 e. The number of fused-ring (bicyclic) bond motifs is 1. The van der Waals surface area contributed by atoms with Crippen LogP contribution in [0.1, 0.15) is 30.2 Å². The van der Waals surface area contributed by atoms with Crippen LogP contribution in [0.4, 0.5) is 0 Å². The predicted molar refractivity (Wildman–Crippen MR) is 54.8 cm³/mol. The van der Waals surface area contributed by atoms with E-state index in [0.29, 0.717) is 5.02 Å². The number of aliphatic hydroxyl groups is 1. The summed E-state index contributed by atoms with van der Waals surface area (Å²) in [4.78, 5) is 4.18. The predicted octanol–water partition coefficient (Wildman–Crippen LogP) is 2.87. The van der Waals surface area contributed by atoms with E-state index in [0.717, 1.165) is 35.0 Å². The average Bonchev–Trinajstić information content (AvgIpc) is 2.12. The Morgan fingerprint density at radius 1 is 1.62 bits per heavy atom. The summed E-state index contributed by atoms with van der Waals surface area (Å²) in [5.41, 5.74) is 1.74. The third-order valence-corrected chi connectivity index (χ3v) is 3.58. The molecule has 1 aromatic rings. The average molecular weight is 263 g/mol. The molecule has 0 spiro atoms. The van der Waals surface area contributed by atoms with Gasteiger partial charge in [-0.2, -0.15) is 0 Å². The Morgan fingerprint density at radius 2 is 2.38 bits per heavy atom. The van der Waals surface area contributed by atoms with Gasteiger partial charge in [-0.05, 0) is 40.8 Å². The van der Waals surface area contributed by atoms with Crippen molar-refractivity contribution < 1.29 is 5.11 Å². The largest absolute Gasteiger partial charge is 0.387 e. The molecule has 2 rings (SSSR count). The zero-order chi connectivity index (χ0) is 9.42. The van der Waals surface area contributed by atoms with Gasteiger partial charge in [0.15, 0.2) is 0 Å².